The third-order valence-electron chi connectivity index (χ3n) is 2.75. The lowest BCUT2D eigenvalue weighted by Gasteiger charge is -2.50. The highest BCUT2D eigenvalue weighted by Crippen LogP contribution is 2.33. The van der Waals surface area contributed by atoms with Gasteiger partial charge in [-0.2, -0.15) is 0 Å². The summed E-state index contributed by atoms with van der Waals surface area (Å²) in [6.07, 6.45) is 7.44. The molecule has 2 heterocycles. The summed E-state index contributed by atoms with van der Waals surface area (Å²) in [5.41, 5.74) is 0. The van der Waals surface area contributed by atoms with E-state index >= 15 is 0 Å². The zero-order chi connectivity index (χ0) is 7.84. The number of nitrogens with zero attached hydrogens (tertiary/aromatic N) is 1. The van der Waals surface area contributed by atoms with E-state index in [2.05, 4.69) is 30.9 Å². The van der Waals surface area contributed by atoms with E-state index < -0.39 is 0 Å². The second-order valence-corrected chi connectivity index (χ2v) is 4.21. The van der Waals surface area contributed by atoms with E-state index in [1.54, 1.807) is 0 Å². The normalized spacial score (nSPS) is 35.9. The maximum absolute atomic E-state index is 2.64. The maximum Gasteiger partial charge on any atom is 0.0296 e. The van der Waals surface area contributed by atoms with Crippen molar-refractivity contribution < 1.29 is 0 Å². The molecule has 0 amide bonds. The second kappa shape index (κ2) is 2.63. The average Bonchev–Trinajstić information content (AvgIpc) is 2.01. The molecule has 2 unspecified atom stereocenters. The smallest absolute Gasteiger partial charge is 0.0296 e. The van der Waals surface area contributed by atoms with Gasteiger partial charge in [0.2, 0.25) is 0 Å². The van der Waals surface area contributed by atoms with Crippen molar-refractivity contribution in [3.8, 4) is 0 Å². The summed E-state index contributed by atoms with van der Waals surface area (Å²) >= 11 is 0. The monoisotopic (exact) mass is 151 g/mol. The fourth-order valence-electron chi connectivity index (χ4n) is 2.20. The van der Waals surface area contributed by atoms with Crippen molar-refractivity contribution in [3.63, 3.8) is 0 Å². The molecule has 1 aliphatic carbocycles. The van der Waals surface area contributed by atoms with Gasteiger partial charge in [0.15, 0.2) is 0 Å². The van der Waals surface area contributed by atoms with Crippen molar-refractivity contribution in [2.75, 3.05) is 6.54 Å². The van der Waals surface area contributed by atoms with Crippen LogP contribution in [0, 0.1) is 5.92 Å². The third kappa shape index (κ3) is 1.22. The second-order valence-electron chi connectivity index (χ2n) is 4.21. The summed E-state index contributed by atoms with van der Waals surface area (Å²) in [6.45, 7) is 5.90. The summed E-state index contributed by atoms with van der Waals surface area (Å²) in [7, 11) is 0. The Bertz CT molecular complexity index is 172. The van der Waals surface area contributed by atoms with Crippen LogP contribution in [0.3, 0.4) is 0 Å². The first-order valence-electron chi connectivity index (χ1n) is 4.70. The molecule has 0 radical (unpaired) electrons. The van der Waals surface area contributed by atoms with Gasteiger partial charge in [-0.3, -0.25) is 4.90 Å². The minimum atomic E-state index is 0.802. The summed E-state index contributed by atoms with van der Waals surface area (Å²) < 4.78 is 0. The van der Waals surface area contributed by atoms with Gasteiger partial charge in [0, 0.05) is 18.6 Å². The molecule has 1 fully saturated rings. The van der Waals surface area contributed by atoms with Crippen LogP contribution in [0.2, 0.25) is 0 Å². The highest BCUT2D eigenvalue weighted by molar-refractivity contribution is 5.12. The van der Waals surface area contributed by atoms with Crippen LogP contribution in [0.15, 0.2) is 12.2 Å². The molecule has 0 N–H and O–H groups in total. The van der Waals surface area contributed by atoms with E-state index in [1.165, 1.54) is 19.4 Å². The molecule has 0 aromatic heterocycles. The molecule has 2 bridgehead atoms. The lowest BCUT2D eigenvalue weighted by molar-refractivity contribution is 0.0245. The zero-order valence-electron chi connectivity index (χ0n) is 7.46. The van der Waals surface area contributed by atoms with Crippen LogP contribution in [0.5, 0.6) is 0 Å². The molecule has 11 heavy (non-hydrogen) atoms. The van der Waals surface area contributed by atoms with Gasteiger partial charge < -0.3 is 0 Å². The molecule has 0 spiro atoms. The molecule has 62 valence electrons. The SMILES string of the molecule is CC(C)CN1C2C=CCC1C2. The van der Waals surface area contributed by atoms with E-state index in [0.29, 0.717) is 0 Å². The molecule has 0 saturated carbocycles. The van der Waals surface area contributed by atoms with E-state index in [4.69, 9.17) is 0 Å². The van der Waals surface area contributed by atoms with E-state index in [0.717, 1.165) is 18.0 Å². The van der Waals surface area contributed by atoms with Gasteiger partial charge in [-0.05, 0) is 18.8 Å². The van der Waals surface area contributed by atoms with E-state index in [-0.39, 0.29) is 0 Å². The Morgan fingerprint density at radius 3 is 2.82 bits per heavy atom. The Balaban J connectivity index is 1.93. The van der Waals surface area contributed by atoms with Crippen LogP contribution >= 0.6 is 0 Å². The lowest BCUT2D eigenvalue weighted by atomic mass is 9.84. The van der Waals surface area contributed by atoms with Crippen molar-refractivity contribution in [1.29, 1.82) is 0 Å². The first kappa shape index (κ1) is 7.35. The van der Waals surface area contributed by atoms with Crippen LogP contribution in [0.4, 0.5) is 0 Å². The minimum absolute atomic E-state index is 0.802. The molecule has 0 aromatic rings. The standard InChI is InChI=1S/C10H17N/c1-8(2)7-11-9-4-3-5-10(11)6-9/h3-4,8-10H,5-7H2,1-2H3. The fraction of sp³-hybridized carbons (Fsp3) is 0.800. The predicted molar refractivity (Wildman–Crippen MR) is 47.5 cm³/mol. The van der Waals surface area contributed by atoms with Crippen molar-refractivity contribution >= 4 is 0 Å². The summed E-state index contributed by atoms with van der Waals surface area (Å²) in [5.74, 6) is 0.826. The molecule has 3 aliphatic rings. The quantitative estimate of drug-likeness (QED) is 0.546. The predicted octanol–water partition coefficient (Wildman–Crippen LogP) is 2.05. The van der Waals surface area contributed by atoms with E-state index in [9.17, 15) is 0 Å². The highest BCUT2D eigenvalue weighted by atomic mass is 15.2. The fourth-order valence-corrected chi connectivity index (χ4v) is 2.20. The Morgan fingerprint density at radius 1 is 1.55 bits per heavy atom. The first-order chi connectivity index (χ1) is 5.27. The van der Waals surface area contributed by atoms with Gasteiger partial charge in [-0.15, -0.1) is 0 Å². The first-order valence-corrected chi connectivity index (χ1v) is 4.70. The molecule has 1 nitrogen and oxygen atoms in total. The molecule has 0 aromatic carbocycles. The van der Waals surface area contributed by atoms with Crippen LogP contribution in [-0.2, 0) is 0 Å². The largest absolute Gasteiger partial charge is 0.293 e. The molecule has 3 rings (SSSR count). The Morgan fingerprint density at radius 2 is 2.36 bits per heavy atom. The Kier molecular flexibility index (Phi) is 1.76. The molecule has 2 aliphatic heterocycles. The van der Waals surface area contributed by atoms with Gasteiger partial charge in [-0.25, -0.2) is 0 Å². The highest BCUT2D eigenvalue weighted by Gasteiger charge is 2.37. The van der Waals surface area contributed by atoms with Gasteiger partial charge in [-0.1, -0.05) is 26.0 Å². The van der Waals surface area contributed by atoms with Crippen molar-refractivity contribution in [2.45, 2.75) is 38.8 Å². The molecular weight excluding hydrogens is 134 g/mol. The average molecular weight is 151 g/mol. The Labute approximate surface area is 69.1 Å². The number of hydrogen-bond donors (Lipinski definition) is 0. The van der Waals surface area contributed by atoms with E-state index in [1.807, 2.05) is 0 Å². The van der Waals surface area contributed by atoms with Crippen molar-refractivity contribution in [2.24, 2.45) is 5.92 Å². The van der Waals surface area contributed by atoms with Crippen LogP contribution in [0.25, 0.3) is 0 Å². The molecule has 1 saturated heterocycles. The van der Waals surface area contributed by atoms with Gasteiger partial charge in [0.1, 0.15) is 0 Å². The lowest BCUT2D eigenvalue weighted by Crippen LogP contribution is -2.57. The van der Waals surface area contributed by atoms with Crippen LogP contribution in [0.1, 0.15) is 26.7 Å². The zero-order valence-corrected chi connectivity index (χ0v) is 7.46. The molecule has 2 atom stereocenters. The number of hydrogen-bond acceptors (Lipinski definition) is 1. The maximum atomic E-state index is 2.64. The minimum Gasteiger partial charge on any atom is -0.293 e. The Hall–Kier alpha value is -0.300. The summed E-state index contributed by atoms with van der Waals surface area (Å²) in [4.78, 5) is 2.64. The summed E-state index contributed by atoms with van der Waals surface area (Å²) in [5, 5.41) is 0. The van der Waals surface area contributed by atoms with Crippen molar-refractivity contribution in [1.82, 2.24) is 4.90 Å². The number of fused-ring (bicyclic) bond motifs is 1. The van der Waals surface area contributed by atoms with Crippen molar-refractivity contribution in [3.05, 3.63) is 12.2 Å². The van der Waals surface area contributed by atoms with Crippen LogP contribution in [-0.4, -0.2) is 23.5 Å². The number of rotatable bonds is 2. The molecular formula is C10H17N. The third-order valence-corrected chi connectivity index (χ3v) is 2.75. The topological polar surface area (TPSA) is 3.24 Å². The summed E-state index contributed by atoms with van der Waals surface area (Å²) in [6, 6.07) is 1.70. The van der Waals surface area contributed by atoms with Gasteiger partial charge in [0.25, 0.3) is 0 Å². The van der Waals surface area contributed by atoms with Gasteiger partial charge >= 0.3 is 0 Å². The molecule has 1 heteroatoms. The van der Waals surface area contributed by atoms with Crippen LogP contribution < -0.4 is 0 Å². The van der Waals surface area contributed by atoms with Gasteiger partial charge in [0.05, 0.1) is 0 Å².